The van der Waals surface area contributed by atoms with Crippen LogP contribution < -0.4 is 0 Å². The maximum absolute atomic E-state index is 11.6. The molecule has 1 aromatic carbocycles. The molecule has 2 rings (SSSR count). The van der Waals surface area contributed by atoms with Gasteiger partial charge < -0.3 is 5.11 Å². The minimum Gasteiger partial charge on any atom is -0.481 e. The van der Waals surface area contributed by atoms with Crippen molar-refractivity contribution < 1.29 is 9.90 Å². The van der Waals surface area contributed by atoms with Crippen LogP contribution in [0.3, 0.4) is 0 Å². The summed E-state index contributed by atoms with van der Waals surface area (Å²) in [7, 11) is 0. The third kappa shape index (κ3) is 1.58. The van der Waals surface area contributed by atoms with E-state index in [0.29, 0.717) is 0 Å². The Labute approximate surface area is 103 Å². The molecular formula is C15H20O2. The summed E-state index contributed by atoms with van der Waals surface area (Å²) >= 11 is 0. The molecule has 2 heteroatoms. The predicted octanol–water partition coefficient (Wildman–Crippen LogP) is 3.43. The topological polar surface area (TPSA) is 37.3 Å². The molecule has 0 unspecified atom stereocenters. The highest BCUT2D eigenvalue weighted by Gasteiger charge is 2.47. The zero-order valence-electron chi connectivity index (χ0n) is 11.1. The fraction of sp³-hybridized carbons (Fsp3) is 0.533. The molecule has 2 nitrogen and oxygen atoms in total. The van der Waals surface area contributed by atoms with Gasteiger partial charge in [-0.1, -0.05) is 12.5 Å². The van der Waals surface area contributed by atoms with Crippen molar-refractivity contribution in [3.63, 3.8) is 0 Å². The minimum absolute atomic E-state index is 0.604. The van der Waals surface area contributed by atoms with Gasteiger partial charge in [0.15, 0.2) is 0 Å². The van der Waals surface area contributed by atoms with Crippen molar-refractivity contribution in [3.8, 4) is 0 Å². The second-order valence-electron chi connectivity index (χ2n) is 5.36. The van der Waals surface area contributed by atoms with E-state index in [9.17, 15) is 9.90 Å². The smallest absolute Gasteiger partial charge is 0.314 e. The summed E-state index contributed by atoms with van der Waals surface area (Å²) in [5.41, 5.74) is 5.33. The van der Waals surface area contributed by atoms with Crippen LogP contribution in [0.2, 0.25) is 0 Å². The van der Waals surface area contributed by atoms with Crippen molar-refractivity contribution in [2.75, 3.05) is 0 Å². The van der Waals surface area contributed by atoms with Crippen molar-refractivity contribution in [2.24, 2.45) is 0 Å². The Morgan fingerprint density at radius 1 is 1.12 bits per heavy atom. The van der Waals surface area contributed by atoms with E-state index in [1.54, 1.807) is 0 Å². The standard InChI is InChI=1S/C15H20O2/c1-9-8-13(12(4)11(3)10(9)2)15(14(16)17)6-5-7-15/h8H,5-7H2,1-4H3,(H,16,17). The van der Waals surface area contributed by atoms with Crippen LogP contribution >= 0.6 is 0 Å². The largest absolute Gasteiger partial charge is 0.481 e. The normalized spacial score (nSPS) is 17.6. The third-order valence-corrected chi connectivity index (χ3v) is 4.61. The summed E-state index contributed by atoms with van der Waals surface area (Å²) < 4.78 is 0. The van der Waals surface area contributed by atoms with Gasteiger partial charge in [0.05, 0.1) is 5.41 Å². The molecule has 0 amide bonds. The Hall–Kier alpha value is -1.31. The summed E-state index contributed by atoms with van der Waals surface area (Å²) in [5, 5.41) is 9.51. The lowest BCUT2D eigenvalue weighted by molar-refractivity contribution is -0.147. The van der Waals surface area contributed by atoms with Crippen molar-refractivity contribution in [2.45, 2.75) is 52.4 Å². The van der Waals surface area contributed by atoms with Gasteiger partial charge in [-0.05, 0) is 68.4 Å². The Balaban J connectivity index is 2.64. The SMILES string of the molecule is Cc1cc(C2(C(=O)O)CCC2)c(C)c(C)c1C. The first kappa shape index (κ1) is 12.2. The summed E-state index contributed by atoms with van der Waals surface area (Å²) in [6, 6.07) is 2.09. The average Bonchev–Trinajstić information content (AvgIpc) is 2.20. The molecule has 0 saturated heterocycles. The van der Waals surface area contributed by atoms with Crippen LogP contribution in [-0.4, -0.2) is 11.1 Å². The van der Waals surface area contributed by atoms with Crippen molar-refractivity contribution in [1.29, 1.82) is 0 Å². The fourth-order valence-electron chi connectivity index (χ4n) is 2.84. The first-order chi connectivity index (χ1) is 7.90. The number of hydrogen-bond donors (Lipinski definition) is 1. The summed E-state index contributed by atoms with van der Waals surface area (Å²) in [6.07, 6.45) is 2.59. The predicted molar refractivity (Wildman–Crippen MR) is 68.6 cm³/mol. The zero-order chi connectivity index (χ0) is 12.8. The fourth-order valence-corrected chi connectivity index (χ4v) is 2.84. The molecule has 1 N–H and O–H groups in total. The molecule has 0 aromatic heterocycles. The monoisotopic (exact) mass is 232 g/mol. The van der Waals surface area contributed by atoms with Crippen LogP contribution in [0.1, 0.15) is 47.1 Å². The zero-order valence-corrected chi connectivity index (χ0v) is 11.1. The van der Waals surface area contributed by atoms with Gasteiger partial charge in [0.25, 0.3) is 0 Å². The average molecular weight is 232 g/mol. The molecule has 1 saturated carbocycles. The molecule has 1 aliphatic carbocycles. The van der Waals surface area contributed by atoms with Gasteiger partial charge in [0, 0.05) is 0 Å². The van der Waals surface area contributed by atoms with E-state index >= 15 is 0 Å². The summed E-state index contributed by atoms with van der Waals surface area (Å²) in [4.78, 5) is 11.6. The highest BCUT2D eigenvalue weighted by atomic mass is 16.4. The van der Waals surface area contributed by atoms with Crippen LogP contribution in [0.4, 0.5) is 0 Å². The molecule has 1 fully saturated rings. The van der Waals surface area contributed by atoms with Crippen molar-refractivity contribution in [1.82, 2.24) is 0 Å². The summed E-state index contributed by atoms with van der Waals surface area (Å²) in [5.74, 6) is -0.658. The number of carbonyl (C=O) groups is 1. The maximum atomic E-state index is 11.6. The van der Waals surface area contributed by atoms with E-state index in [1.165, 1.54) is 16.7 Å². The van der Waals surface area contributed by atoms with Gasteiger partial charge in [0.1, 0.15) is 0 Å². The lowest BCUT2D eigenvalue weighted by Crippen LogP contribution is -2.43. The van der Waals surface area contributed by atoms with E-state index < -0.39 is 11.4 Å². The number of carboxylic acid groups (broad SMARTS) is 1. The van der Waals surface area contributed by atoms with Crippen LogP contribution in [0.15, 0.2) is 6.07 Å². The van der Waals surface area contributed by atoms with E-state index in [2.05, 4.69) is 33.8 Å². The van der Waals surface area contributed by atoms with E-state index in [-0.39, 0.29) is 0 Å². The molecule has 0 bridgehead atoms. The quantitative estimate of drug-likeness (QED) is 0.848. The maximum Gasteiger partial charge on any atom is 0.314 e. The number of aliphatic carboxylic acids is 1. The second kappa shape index (κ2) is 3.86. The molecule has 92 valence electrons. The number of benzene rings is 1. The van der Waals surface area contributed by atoms with Crippen LogP contribution in [0, 0.1) is 27.7 Å². The van der Waals surface area contributed by atoms with Crippen LogP contribution in [-0.2, 0) is 10.2 Å². The highest BCUT2D eigenvalue weighted by Crippen LogP contribution is 2.46. The van der Waals surface area contributed by atoms with Gasteiger partial charge in [-0.25, -0.2) is 0 Å². The van der Waals surface area contributed by atoms with E-state index in [4.69, 9.17) is 0 Å². The van der Waals surface area contributed by atoms with Crippen LogP contribution in [0.5, 0.6) is 0 Å². The number of carboxylic acids is 1. The minimum atomic E-state index is -0.658. The van der Waals surface area contributed by atoms with E-state index in [0.717, 1.165) is 30.4 Å². The second-order valence-corrected chi connectivity index (χ2v) is 5.36. The lowest BCUT2D eigenvalue weighted by atomic mass is 9.62. The number of aryl methyl sites for hydroxylation is 1. The molecule has 1 aliphatic rings. The van der Waals surface area contributed by atoms with Crippen LogP contribution in [0.25, 0.3) is 0 Å². The highest BCUT2D eigenvalue weighted by molar-refractivity contribution is 5.83. The Morgan fingerprint density at radius 2 is 1.71 bits per heavy atom. The number of rotatable bonds is 2. The first-order valence-electron chi connectivity index (χ1n) is 6.21. The Kier molecular flexibility index (Phi) is 2.76. The van der Waals surface area contributed by atoms with Gasteiger partial charge in [-0.2, -0.15) is 0 Å². The van der Waals surface area contributed by atoms with Crippen molar-refractivity contribution in [3.05, 3.63) is 33.9 Å². The molecule has 17 heavy (non-hydrogen) atoms. The first-order valence-corrected chi connectivity index (χ1v) is 6.21. The molecule has 0 radical (unpaired) electrons. The lowest BCUT2D eigenvalue weighted by Gasteiger charge is -2.40. The van der Waals surface area contributed by atoms with Gasteiger partial charge >= 0.3 is 5.97 Å². The Bertz CT molecular complexity index is 482. The third-order valence-electron chi connectivity index (χ3n) is 4.61. The summed E-state index contributed by atoms with van der Waals surface area (Å²) in [6.45, 7) is 8.32. The molecule has 0 aliphatic heterocycles. The molecule has 0 atom stereocenters. The van der Waals surface area contributed by atoms with E-state index in [1.807, 2.05) is 0 Å². The van der Waals surface area contributed by atoms with Gasteiger partial charge in [-0.15, -0.1) is 0 Å². The Morgan fingerprint density at radius 3 is 2.12 bits per heavy atom. The molecule has 0 heterocycles. The molecule has 1 aromatic rings. The molecular weight excluding hydrogens is 212 g/mol. The number of hydrogen-bond acceptors (Lipinski definition) is 1. The van der Waals surface area contributed by atoms with Gasteiger partial charge in [0.2, 0.25) is 0 Å². The van der Waals surface area contributed by atoms with Crippen molar-refractivity contribution >= 4 is 5.97 Å². The molecule has 0 spiro atoms. The van der Waals surface area contributed by atoms with Gasteiger partial charge in [-0.3, -0.25) is 4.79 Å².